The minimum atomic E-state index is -0.797. The van der Waals surface area contributed by atoms with Crippen molar-refractivity contribution >= 4 is 24.3 Å². The maximum absolute atomic E-state index is 12.3. The number of hydrogen-bond acceptors (Lipinski definition) is 6. The van der Waals surface area contributed by atoms with E-state index in [0.29, 0.717) is 12.1 Å². The number of carbonyl (C=O) groups is 2. The molecular weight excluding hydrogens is 394 g/mol. The molecular formula is C22H36ClNO5. The molecule has 1 unspecified atom stereocenters. The maximum atomic E-state index is 12.3. The molecule has 0 spiro atoms. The van der Waals surface area contributed by atoms with Crippen LogP contribution in [-0.2, 0) is 9.59 Å². The molecule has 0 fully saturated rings. The molecule has 1 aromatic rings. The first-order chi connectivity index (χ1) is 12.7. The average Bonchev–Trinajstić information content (AvgIpc) is 2.51. The lowest BCUT2D eigenvalue weighted by Crippen LogP contribution is -2.38. The first-order valence-electron chi connectivity index (χ1n) is 9.69. The Bertz CT molecular complexity index is 689. The van der Waals surface area contributed by atoms with Crippen LogP contribution in [-0.4, -0.2) is 29.1 Å². The van der Waals surface area contributed by atoms with Crippen LogP contribution < -0.4 is 14.8 Å². The summed E-state index contributed by atoms with van der Waals surface area (Å²) in [6.45, 7) is 15.4. The van der Waals surface area contributed by atoms with Gasteiger partial charge in [-0.3, -0.25) is 9.59 Å². The van der Waals surface area contributed by atoms with Gasteiger partial charge < -0.3 is 19.9 Å². The van der Waals surface area contributed by atoms with E-state index in [1.807, 2.05) is 34.6 Å². The van der Waals surface area contributed by atoms with Crippen molar-refractivity contribution in [1.82, 2.24) is 5.32 Å². The quantitative estimate of drug-likeness (QED) is 0.492. The number of benzene rings is 1. The second-order valence-corrected chi connectivity index (χ2v) is 9.56. The van der Waals surface area contributed by atoms with Gasteiger partial charge >= 0.3 is 11.9 Å². The van der Waals surface area contributed by atoms with Crippen molar-refractivity contribution in [1.29, 1.82) is 0 Å². The molecule has 6 nitrogen and oxygen atoms in total. The Morgan fingerprint density at radius 2 is 1.62 bits per heavy atom. The van der Waals surface area contributed by atoms with Gasteiger partial charge in [0, 0.05) is 18.5 Å². The summed E-state index contributed by atoms with van der Waals surface area (Å²) >= 11 is 0. The molecule has 0 radical (unpaired) electrons. The maximum Gasteiger partial charge on any atom is 0.316 e. The smallest absolute Gasteiger partial charge is 0.316 e. The number of ether oxygens (including phenoxy) is 2. The fourth-order valence-corrected chi connectivity index (χ4v) is 2.17. The summed E-state index contributed by atoms with van der Waals surface area (Å²) in [5.41, 5.74) is -0.274. The Labute approximate surface area is 180 Å². The zero-order chi connectivity index (χ0) is 21.7. The summed E-state index contributed by atoms with van der Waals surface area (Å²) in [5, 5.41) is 13.7. The molecule has 29 heavy (non-hydrogen) atoms. The molecule has 0 aliphatic carbocycles. The van der Waals surface area contributed by atoms with Crippen LogP contribution in [0.25, 0.3) is 0 Å². The number of β-amino-alcohol motifs (C(OH)–C–C–N with tert-alkyl or cyclic N) is 1. The highest BCUT2D eigenvalue weighted by Crippen LogP contribution is 2.33. The van der Waals surface area contributed by atoms with Gasteiger partial charge in [0.05, 0.1) is 11.5 Å². The molecule has 1 aromatic carbocycles. The van der Waals surface area contributed by atoms with Crippen molar-refractivity contribution in [3.8, 4) is 11.5 Å². The highest BCUT2D eigenvalue weighted by molar-refractivity contribution is 5.85. The standard InChI is InChI=1S/C22H35NO5.ClH/c1-14(2)11-19(25)27-18-12-15(16(24)13-23-22(6,7)8)9-10-17(18)28-20(26)21(3,4)5;/h9-10,12,14,16,23-24H,11,13H2,1-8H3;1H. The van der Waals surface area contributed by atoms with Crippen LogP contribution >= 0.6 is 12.4 Å². The summed E-state index contributed by atoms with van der Waals surface area (Å²) in [4.78, 5) is 24.4. The van der Waals surface area contributed by atoms with Crippen LogP contribution in [0.2, 0.25) is 0 Å². The van der Waals surface area contributed by atoms with Gasteiger partial charge in [0.25, 0.3) is 0 Å². The average molecular weight is 430 g/mol. The zero-order valence-corrected chi connectivity index (χ0v) is 19.6. The summed E-state index contributed by atoms with van der Waals surface area (Å²) in [5.74, 6) is -0.413. The molecule has 7 heteroatoms. The molecule has 1 rings (SSSR count). The van der Waals surface area contributed by atoms with E-state index in [4.69, 9.17) is 9.47 Å². The molecule has 0 saturated heterocycles. The number of hydrogen-bond donors (Lipinski definition) is 2. The van der Waals surface area contributed by atoms with E-state index in [9.17, 15) is 14.7 Å². The zero-order valence-electron chi connectivity index (χ0n) is 18.8. The van der Waals surface area contributed by atoms with Crippen molar-refractivity contribution in [3.63, 3.8) is 0 Å². The number of aliphatic hydroxyl groups is 1. The Morgan fingerprint density at radius 3 is 2.10 bits per heavy atom. The molecule has 0 bridgehead atoms. The lowest BCUT2D eigenvalue weighted by Gasteiger charge is -2.23. The first kappa shape index (κ1) is 27.4. The predicted molar refractivity (Wildman–Crippen MR) is 117 cm³/mol. The van der Waals surface area contributed by atoms with Gasteiger partial charge in [-0.05, 0) is 65.2 Å². The van der Waals surface area contributed by atoms with Crippen LogP contribution in [0.5, 0.6) is 11.5 Å². The Morgan fingerprint density at radius 1 is 1.03 bits per heavy atom. The lowest BCUT2D eigenvalue weighted by molar-refractivity contribution is -0.143. The number of esters is 2. The largest absolute Gasteiger partial charge is 0.422 e. The van der Waals surface area contributed by atoms with Crippen molar-refractivity contribution in [2.75, 3.05) is 6.54 Å². The first-order valence-corrected chi connectivity index (χ1v) is 9.69. The summed E-state index contributed by atoms with van der Waals surface area (Å²) in [6.07, 6.45) is -0.556. The molecule has 0 aromatic heterocycles. The molecule has 0 aliphatic rings. The highest BCUT2D eigenvalue weighted by Gasteiger charge is 2.26. The number of nitrogens with one attached hydrogen (secondary N) is 1. The number of carbonyl (C=O) groups excluding carboxylic acids is 2. The minimum Gasteiger partial charge on any atom is -0.422 e. The Balaban J connectivity index is 0.00000784. The minimum absolute atomic E-state index is 0. The molecule has 0 heterocycles. The van der Waals surface area contributed by atoms with Crippen molar-refractivity contribution in [2.45, 2.75) is 73.5 Å². The number of halogens is 1. The van der Waals surface area contributed by atoms with Gasteiger partial charge in [0.2, 0.25) is 0 Å². The van der Waals surface area contributed by atoms with Crippen LogP contribution in [0, 0.1) is 11.3 Å². The van der Waals surface area contributed by atoms with Crippen molar-refractivity contribution in [2.24, 2.45) is 11.3 Å². The summed E-state index contributed by atoms with van der Waals surface area (Å²) < 4.78 is 10.9. The van der Waals surface area contributed by atoms with Gasteiger partial charge in [0.15, 0.2) is 11.5 Å². The van der Waals surface area contributed by atoms with Crippen molar-refractivity contribution < 1.29 is 24.2 Å². The highest BCUT2D eigenvalue weighted by atomic mass is 35.5. The van der Waals surface area contributed by atoms with E-state index in [0.717, 1.165) is 0 Å². The summed E-state index contributed by atoms with van der Waals surface area (Å²) in [7, 11) is 0. The Kier molecular flexibility index (Phi) is 10.3. The van der Waals surface area contributed by atoms with Crippen LogP contribution in [0.4, 0.5) is 0 Å². The van der Waals surface area contributed by atoms with E-state index in [2.05, 4.69) is 5.32 Å². The van der Waals surface area contributed by atoms with Gasteiger partial charge in [-0.25, -0.2) is 0 Å². The van der Waals surface area contributed by atoms with E-state index >= 15 is 0 Å². The molecule has 0 saturated carbocycles. The predicted octanol–water partition coefficient (Wildman–Crippen LogP) is 4.43. The third-order valence-corrected chi connectivity index (χ3v) is 3.79. The molecule has 166 valence electrons. The van der Waals surface area contributed by atoms with Crippen molar-refractivity contribution in [3.05, 3.63) is 23.8 Å². The second kappa shape index (κ2) is 11.0. The lowest BCUT2D eigenvalue weighted by atomic mass is 9.97. The fourth-order valence-electron chi connectivity index (χ4n) is 2.17. The molecule has 1 atom stereocenters. The van der Waals surface area contributed by atoms with Crippen LogP contribution in [0.15, 0.2) is 18.2 Å². The Hall–Kier alpha value is -1.63. The molecule has 2 N–H and O–H groups in total. The normalized spacial score (nSPS) is 12.9. The topological polar surface area (TPSA) is 84.9 Å². The number of rotatable bonds is 7. The second-order valence-electron chi connectivity index (χ2n) is 9.56. The fraction of sp³-hybridized carbons (Fsp3) is 0.636. The SMILES string of the molecule is CC(C)CC(=O)Oc1cc(C(O)CNC(C)(C)C)ccc1OC(=O)C(C)(C)C.Cl. The van der Waals surface area contributed by atoms with Crippen LogP contribution in [0.1, 0.15) is 73.5 Å². The molecule has 0 aliphatic heterocycles. The van der Waals surface area contributed by atoms with E-state index in [1.54, 1.807) is 39.0 Å². The van der Waals surface area contributed by atoms with Crippen LogP contribution in [0.3, 0.4) is 0 Å². The van der Waals surface area contributed by atoms with E-state index in [1.165, 1.54) is 0 Å². The van der Waals surface area contributed by atoms with E-state index < -0.39 is 23.5 Å². The number of aliphatic hydroxyl groups excluding tert-OH is 1. The third-order valence-electron chi connectivity index (χ3n) is 3.79. The molecule has 0 amide bonds. The van der Waals surface area contributed by atoms with Gasteiger partial charge in [-0.15, -0.1) is 12.4 Å². The summed E-state index contributed by atoms with van der Waals surface area (Å²) in [6, 6.07) is 4.77. The monoisotopic (exact) mass is 429 g/mol. The van der Waals surface area contributed by atoms with E-state index in [-0.39, 0.29) is 41.8 Å². The van der Waals surface area contributed by atoms with Gasteiger partial charge in [-0.2, -0.15) is 0 Å². The third kappa shape index (κ3) is 10.1. The van der Waals surface area contributed by atoms with Gasteiger partial charge in [-0.1, -0.05) is 19.9 Å². The van der Waals surface area contributed by atoms with Gasteiger partial charge in [0.1, 0.15) is 0 Å².